The first-order chi connectivity index (χ1) is 9.77. The van der Waals surface area contributed by atoms with Crippen molar-refractivity contribution < 1.29 is 18.0 Å². The van der Waals surface area contributed by atoms with E-state index >= 15 is 0 Å². The number of aromatic nitrogens is 1. The number of benzene rings is 1. The fourth-order valence-electron chi connectivity index (χ4n) is 1.78. The molecule has 0 bridgehead atoms. The number of Topliss-reactive ketones (excluding diaryl/α,β-unsaturated/α-hetero) is 1. The van der Waals surface area contributed by atoms with Crippen LogP contribution < -0.4 is 0 Å². The van der Waals surface area contributed by atoms with E-state index in [9.17, 15) is 18.0 Å². The zero-order valence-electron chi connectivity index (χ0n) is 11.0. The Morgan fingerprint density at radius 3 is 2.52 bits per heavy atom. The molecule has 6 heteroatoms. The summed E-state index contributed by atoms with van der Waals surface area (Å²) in [5, 5.41) is 0. The van der Waals surface area contributed by atoms with E-state index in [-0.39, 0.29) is 12.0 Å². The summed E-state index contributed by atoms with van der Waals surface area (Å²) >= 11 is 3.11. The van der Waals surface area contributed by atoms with Crippen molar-refractivity contribution in [3.05, 3.63) is 63.4 Å². The summed E-state index contributed by atoms with van der Waals surface area (Å²) in [6.45, 7) is 1.86. The molecule has 0 N–H and O–H groups in total. The molecule has 0 atom stereocenters. The zero-order valence-corrected chi connectivity index (χ0v) is 12.6. The molecule has 1 aromatic heterocycles. The van der Waals surface area contributed by atoms with E-state index < -0.39 is 17.5 Å². The topological polar surface area (TPSA) is 30.0 Å². The van der Waals surface area contributed by atoms with Gasteiger partial charge in [0.15, 0.2) is 5.78 Å². The average Bonchev–Trinajstić information content (AvgIpc) is 2.40. The quantitative estimate of drug-likeness (QED) is 0.751. The van der Waals surface area contributed by atoms with Crippen LogP contribution in [-0.4, -0.2) is 10.8 Å². The monoisotopic (exact) mass is 357 g/mol. The van der Waals surface area contributed by atoms with Crippen LogP contribution in [0.4, 0.5) is 13.2 Å². The Labute approximate surface area is 128 Å². The number of alkyl halides is 3. The molecular formula is C15H11BrF3NO. The molecule has 1 aromatic carbocycles. The van der Waals surface area contributed by atoms with E-state index in [0.717, 1.165) is 17.7 Å². The highest BCUT2D eigenvalue weighted by Gasteiger charge is 2.31. The molecule has 0 amide bonds. The summed E-state index contributed by atoms with van der Waals surface area (Å²) < 4.78 is 38.4. The molecule has 0 radical (unpaired) electrons. The van der Waals surface area contributed by atoms with E-state index in [0.29, 0.717) is 10.2 Å². The predicted molar refractivity (Wildman–Crippen MR) is 76.2 cm³/mol. The molecule has 2 aromatic rings. The Morgan fingerprint density at radius 1 is 1.24 bits per heavy atom. The van der Waals surface area contributed by atoms with E-state index in [1.807, 2.05) is 6.92 Å². The minimum absolute atomic E-state index is 0.00667. The van der Waals surface area contributed by atoms with Crippen LogP contribution in [0.1, 0.15) is 27.2 Å². The number of pyridine rings is 1. The lowest BCUT2D eigenvalue weighted by atomic mass is 10.0. The number of hydrogen-bond donors (Lipinski definition) is 0. The van der Waals surface area contributed by atoms with Crippen LogP contribution in [-0.2, 0) is 12.6 Å². The molecular weight excluding hydrogens is 347 g/mol. The number of ketones is 1. The van der Waals surface area contributed by atoms with Crippen molar-refractivity contribution >= 4 is 21.7 Å². The van der Waals surface area contributed by atoms with Crippen molar-refractivity contribution in [3.63, 3.8) is 0 Å². The zero-order chi connectivity index (χ0) is 15.6. The van der Waals surface area contributed by atoms with E-state index in [2.05, 4.69) is 20.9 Å². The van der Waals surface area contributed by atoms with Gasteiger partial charge in [0.25, 0.3) is 0 Å². The minimum Gasteiger partial charge on any atom is -0.294 e. The maximum atomic E-state index is 12.7. The van der Waals surface area contributed by atoms with Crippen LogP contribution in [0.25, 0.3) is 0 Å². The fraction of sp³-hybridized carbons (Fsp3) is 0.200. The van der Waals surface area contributed by atoms with Crippen LogP contribution in [0.3, 0.4) is 0 Å². The first-order valence-corrected chi connectivity index (χ1v) is 6.88. The molecule has 0 spiro atoms. The fourth-order valence-corrected chi connectivity index (χ4v) is 2.25. The standard InChI is InChI=1S/C15H11BrF3NO/c1-9-2-4-11(20-8-9)7-14(21)12-6-10(15(17,18)19)3-5-13(12)16/h2-6,8H,7H2,1H3. The predicted octanol–water partition coefficient (Wildman–Crippen LogP) is 4.60. The highest BCUT2D eigenvalue weighted by Crippen LogP contribution is 2.32. The van der Waals surface area contributed by atoms with Gasteiger partial charge in [-0.2, -0.15) is 13.2 Å². The lowest BCUT2D eigenvalue weighted by Crippen LogP contribution is -2.10. The normalized spacial score (nSPS) is 11.5. The summed E-state index contributed by atoms with van der Waals surface area (Å²) in [7, 11) is 0. The maximum Gasteiger partial charge on any atom is 0.416 e. The third-order valence-corrected chi connectivity index (χ3v) is 3.60. The van der Waals surface area contributed by atoms with Gasteiger partial charge in [-0.05, 0) is 36.8 Å². The van der Waals surface area contributed by atoms with Crippen LogP contribution in [0.5, 0.6) is 0 Å². The van der Waals surface area contributed by atoms with Gasteiger partial charge in [0.05, 0.1) is 12.0 Å². The van der Waals surface area contributed by atoms with Crippen molar-refractivity contribution in [2.24, 2.45) is 0 Å². The Morgan fingerprint density at radius 2 is 1.95 bits per heavy atom. The van der Waals surface area contributed by atoms with E-state index in [4.69, 9.17) is 0 Å². The number of carbonyl (C=O) groups is 1. The average molecular weight is 358 g/mol. The largest absolute Gasteiger partial charge is 0.416 e. The van der Waals surface area contributed by atoms with Gasteiger partial charge < -0.3 is 0 Å². The molecule has 0 saturated heterocycles. The second kappa shape index (κ2) is 5.97. The SMILES string of the molecule is Cc1ccc(CC(=O)c2cc(C(F)(F)F)ccc2Br)nc1. The second-order valence-electron chi connectivity index (χ2n) is 4.62. The van der Waals surface area contributed by atoms with Gasteiger partial charge in [0.2, 0.25) is 0 Å². The minimum atomic E-state index is -4.47. The molecule has 0 fully saturated rings. The molecule has 0 aliphatic heterocycles. The number of carbonyl (C=O) groups excluding carboxylic acids is 1. The highest BCUT2D eigenvalue weighted by molar-refractivity contribution is 9.10. The van der Waals surface area contributed by atoms with Crippen molar-refractivity contribution in [2.75, 3.05) is 0 Å². The summed E-state index contributed by atoms with van der Waals surface area (Å²) in [6.07, 6.45) is -2.90. The number of hydrogen-bond acceptors (Lipinski definition) is 2. The Bertz CT molecular complexity index is 666. The van der Waals surface area contributed by atoms with Gasteiger partial charge in [-0.3, -0.25) is 9.78 Å². The second-order valence-corrected chi connectivity index (χ2v) is 5.47. The smallest absolute Gasteiger partial charge is 0.294 e. The summed E-state index contributed by atoms with van der Waals surface area (Å²) in [5.41, 5.74) is 0.638. The van der Waals surface area contributed by atoms with Gasteiger partial charge in [-0.25, -0.2) is 0 Å². The highest BCUT2D eigenvalue weighted by atomic mass is 79.9. The summed E-state index contributed by atoms with van der Waals surface area (Å²) in [5.74, 6) is -0.413. The molecule has 21 heavy (non-hydrogen) atoms. The molecule has 2 rings (SSSR count). The maximum absolute atomic E-state index is 12.7. The van der Waals surface area contributed by atoms with Crippen molar-refractivity contribution in [2.45, 2.75) is 19.5 Å². The van der Waals surface area contributed by atoms with Crippen LogP contribution in [0, 0.1) is 6.92 Å². The van der Waals surface area contributed by atoms with Crippen molar-refractivity contribution in [1.29, 1.82) is 0 Å². The van der Waals surface area contributed by atoms with E-state index in [1.165, 1.54) is 6.07 Å². The Kier molecular flexibility index (Phi) is 4.46. The molecule has 0 aliphatic rings. The number of rotatable bonds is 3. The molecule has 0 aliphatic carbocycles. The third-order valence-electron chi connectivity index (χ3n) is 2.91. The van der Waals surface area contributed by atoms with E-state index in [1.54, 1.807) is 18.3 Å². The number of nitrogens with zero attached hydrogens (tertiary/aromatic N) is 1. The molecule has 0 unspecified atom stereocenters. The number of halogens is 4. The van der Waals surface area contributed by atoms with Crippen molar-refractivity contribution in [1.82, 2.24) is 4.98 Å². The Balaban J connectivity index is 2.28. The first-order valence-electron chi connectivity index (χ1n) is 6.09. The molecule has 0 saturated carbocycles. The Hall–Kier alpha value is -1.69. The van der Waals surface area contributed by atoms with Gasteiger partial charge in [-0.15, -0.1) is 0 Å². The van der Waals surface area contributed by atoms with Crippen LogP contribution in [0.15, 0.2) is 41.0 Å². The molecule has 2 nitrogen and oxygen atoms in total. The van der Waals surface area contributed by atoms with Gasteiger partial charge >= 0.3 is 6.18 Å². The third kappa shape index (κ3) is 3.91. The lowest BCUT2D eigenvalue weighted by Gasteiger charge is -2.10. The van der Waals surface area contributed by atoms with Crippen LogP contribution >= 0.6 is 15.9 Å². The van der Waals surface area contributed by atoms with Gasteiger partial charge in [0.1, 0.15) is 0 Å². The van der Waals surface area contributed by atoms with Gasteiger partial charge in [-0.1, -0.05) is 22.0 Å². The number of aryl methyl sites for hydroxylation is 1. The molecule has 110 valence electrons. The summed E-state index contributed by atoms with van der Waals surface area (Å²) in [6, 6.07) is 6.52. The first kappa shape index (κ1) is 15.7. The van der Waals surface area contributed by atoms with Crippen LogP contribution in [0.2, 0.25) is 0 Å². The molecule has 1 heterocycles. The summed E-state index contributed by atoms with van der Waals surface area (Å²) in [4.78, 5) is 16.2. The van der Waals surface area contributed by atoms with Crippen molar-refractivity contribution in [3.8, 4) is 0 Å². The lowest BCUT2D eigenvalue weighted by molar-refractivity contribution is -0.137. The van der Waals surface area contributed by atoms with Gasteiger partial charge in [0, 0.05) is 21.9 Å².